The van der Waals surface area contributed by atoms with E-state index >= 15 is 0 Å². The minimum atomic E-state index is -1.40. The number of carbonyl (C=O) groups is 6. The predicted molar refractivity (Wildman–Crippen MR) is 233 cm³/mol. The van der Waals surface area contributed by atoms with Crippen LogP contribution < -0.4 is 54.1 Å². The second-order valence-electron chi connectivity index (χ2n) is 14.5. The van der Waals surface area contributed by atoms with Crippen molar-refractivity contribution >= 4 is 119 Å². The molecule has 0 bridgehead atoms. The van der Waals surface area contributed by atoms with Crippen LogP contribution in [0.2, 0.25) is 0 Å². The van der Waals surface area contributed by atoms with Crippen molar-refractivity contribution in [3.63, 3.8) is 0 Å². The van der Waals surface area contributed by atoms with E-state index in [-0.39, 0.29) is 109 Å². The average Bonchev–Trinajstić information content (AvgIpc) is 3.27. The second-order valence-corrected chi connectivity index (χ2v) is 14.5. The number of nitrogens with one attached hydrogen (secondary N) is 6. The fraction of sp³-hybridized carbons (Fsp3) is 0.250. The van der Waals surface area contributed by atoms with Crippen LogP contribution in [0.5, 0.6) is 0 Å². The van der Waals surface area contributed by atoms with Gasteiger partial charge in [-0.25, -0.2) is 29.5 Å². The molecule has 0 saturated carbocycles. The van der Waals surface area contributed by atoms with Crippen molar-refractivity contribution in [3.8, 4) is 0 Å². The van der Waals surface area contributed by atoms with Gasteiger partial charge < -0.3 is 62.7 Å². The van der Waals surface area contributed by atoms with Crippen molar-refractivity contribution in [3.05, 3.63) is 104 Å². The van der Waals surface area contributed by atoms with Gasteiger partial charge in [-0.05, 0) is 73.2 Å². The Morgan fingerprint density at radius 3 is 1.27 bits per heavy atom. The van der Waals surface area contributed by atoms with E-state index in [1.807, 2.05) is 0 Å². The molecule has 0 radical (unpaired) electrons. The van der Waals surface area contributed by atoms with E-state index in [4.69, 9.17) is 11.5 Å². The number of hydrogen-bond acceptors (Lipinski definition) is 20. The van der Waals surface area contributed by atoms with Crippen LogP contribution in [0.1, 0.15) is 58.8 Å². The van der Waals surface area contributed by atoms with Crippen molar-refractivity contribution in [1.29, 1.82) is 0 Å². The zero-order valence-corrected chi connectivity index (χ0v) is 37.6. The number of aromatic amines is 2. The molecule has 6 rings (SSSR count). The molecule has 2 amide bonds. The number of anilines is 4. The number of rotatable bonds is 18. The topological polar surface area (TPSA) is 432 Å². The quantitative estimate of drug-likeness (QED) is 0.0393. The Hall–Kier alpha value is -7.84. The van der Waals surface area contributed by atoms with E-state index < -0.39 is 70.7 Å². The summed E-state index contributed by atoms with van der Waals surface area (Å²) in [6.07, 6.45) is 2.28. The molecule has 0 aliphatic rings. The number of benzene rings is 2. The molecule has 4 aromatic heterocycles. The number of carboxylic acid groups (broad SMARTS) is 4. The Balaban J connectivity index is 0.000000288. The van der Waals surface area contributed by atoms with E-state index in [9.17, 15) is 58.8 Å². The Bertz CT molecular complexity index is 2720. The molecule has 2 aromatic carbocycles. The predicted octanol–water partition coefficient (Wildman–Crippen LogP) is -2.65. The zero-order valence-electron chi connectivity index (χ0n) is 35.4. The van der Waals surface area contributed by atoms with Crippen LogP contribution in [0.3, 0.4) is 0 Å². The number of fused-ring (bicyclic) bond motifs is 2. The Labute approximate surface area is 406 Å². The van der Waals surface area contributed by atoms with Crippen molar-refractivity contribution in [2.24, 2.45) is 11.8 Å². The third kappa shape index (κ3) is 14.6. The Kier molecular flexibility index (Phi) is 18.1. The summed E-state index contributed by atoms with van der Waals surface area (Å²) in [5.41, 5.74) is 12.9. The van der Waals surface area contributed by atoms with Crippen LogP contribution in [0.4, 0.5) is 23.3 Å². The van der Waals surface area contributed by atoms with Gasteiger partial charge in [0.1, 0.15) is 12.1 Å². The number of aliphatic carboxylic acids is 4. The summed E-state index contributed by atoms with van der Waals surface area (Å²) < 4.78 is 0. The number of hydrogen-bond donors (Lipinski definition) is 10. The number of carbonyl (C=O) groups excluding carboxylic acids is 4. The fourth-order valence-corrected chi connectivity index (χ4v) is 5.80. The van der Waals surface area contributed by atoms with Gasteiger partial charge in [-0.2, -0.15) is 9.97 Å². The molecule has 4 unspecified atom stereocenters. The molecular weight excluding hydrogens is 909 g/mol. The Morgan fingerprint density at radius 2 is 0.955 bits per heavy atom. The van der Waals surface area contributed by atoms with Crippen LogP contribution in [0.15, 0.2) is 70.5 Å². The fourth-order valence-electron chi connectivity index (χ4n) is 5.80. The SMILES string of the molecule is CC(CC(NC(=O)c1ccc(NCc2cnc3nc(N)[nH]c(=O)c3n2)cc1)C(=O)O)C(=O)[O-].CC(CC(NC(=O)c1ccc(NCc2cnc3nc(N)[nH]c(=O)c3n2)cc1)C(=O)O)C(=O)[O-].[Ca+2]. The first-order valence-corrected chi connectivity index (χ1v) is 19.5. The molecule has 4 heterocycles. The number of H-pyrrole nitrogens is 2. The summed E-state index contributed by atoms with van der Waals surface area (Å²) in [7, 11) is 0. The molecule has 4 atom stereocenters. The molecule has 6 aromatic rings. The number of nitrogen functional groups attached to an aromatic ring is 2. The summed E-state index contributed by atoms with van der Waals surface area (Å²) >= 11 is 0. The smallest absolute Gasteiger partial charge is 0.550 e. The van der Waals surface area contributed by atoms with Gasteiger partial charge in [-0.15, -0.1) is 0 Å². The molecule has 12 N–H and O–H groups in total. The number of nitrogens with two attached hydrogens (primary N) is 2. The summed E-state index contributed by atoms with van der Waals surface area (Å²) in [6, 6.07) is 9.53. The first kappa shape index (κ1) is 51.8. The molecule has 27 heteroatoms. The summed E-state index contributed by atoms with van der Waals surface area (Å²) in [4.78, 5) is 122. The van der Waals surface area contributed by atoms with Gasteiger partial charge in [0, 0.05) is 34.4 Å². The van der Waals surface area contributed by atoms with E-state index in [1.165, 1.54) is 50.5 Å². The van der Waals surface area contributed by atoms with E-state index in [0.29, 0.717) is 22.8 Å². The standard InChI is InChI=1S/2C20H21N7O6.Ca/c2*1-9(18(30)31)6-13(19(32)33)25-16(28)10-2-4-11(5-3-10)22-7-12-8-23-15-14(24-12)17(29)27-20(21)26-15;/h2*2-5,8-9,13,22H,6-7H2,1H3,(H,25,28)(H,30,31)(H,32,33)(H3,21,23,26,27,29);/q;;+2/p-2. The largest absolute Gasteiger partial charge is 2.00 e. The molecule has 26 nitrogen and oxygen atoms in total. The van der Waals surface area contributed by atoms with Crippen molar-refractivity contribution in [2.45, 2.75) is 51.9 Å². The van der Waals surface area contributed by atoms with E-state index in [1.54, 1.807) is 24.3 Å². The molecule has 67 heavy (non-hydrogen) atoms. The monoisotopic (exact) mass is 948 g/mol. The van der Waals surface area contributed by atoms with Crippen LogP contribution >= 0.6 is 0 Å². The van der Waals surface area contributed by atoms with Crippen LogP contribution in [0, 0.1) is 11.8 Å². The number of amides is 2. The minimum absolute atomic E-state index is 0. The number of nitrogens with zero attached hydrogens (tertiary/aromatic N) is 6. The summed E-state index contributed by atoms with van der Waals surface area (Å²) in [5.74, 6) is -9.00. The van der Waals surface area contributed by atoms with Crippen molar-refractivity contribution in [1.82, 2.24) is 50.5 Å². The van der Waals surface area contributed by atoms with Crippen LogP contribution in [0.25, 0.3) is 22.3 Å². The maximum atomic E-state index is 12.4. The van der Waals surface area contributed by atoms with Crippen molar-refractivity contribution < 1.29 is 49.2 Å². The molecule has 0 spiro atoms. The molecule has 0 saturated heterocycles. The maximum Gasteiger partial charge on any atom is 2.00 e. The minimum Gasteiger partial charge on any atom is -0.550 e. The van der Waals surface area contributed by atoms with Gasteiger partial charge in [-0.1, -0.05) is 13.8 Å². The van der Waals surface area contributed by atoms with Gasteiger partial charge in [0.25, 0.3) is 22.9 Å². The number of carboxylic acids is 4. The van der Waals surface area contributed by atoms with Gasteiger partial charge in [0.2, 0.25) is 11.9 Å². The van der Waals surface area contributed by atoms with E-state index in [0.717, 1.165) is 0 Å². The molecule has 0 aliphatic heterocycles. The third-order valence-corrected chi connectivity index (χ3v) is 9.40. The average molecular weight is 949 g/mol. The molecule has 0 aliphatic carbocycles. The summed E-state index contributed by atoms with van der Waals surface area (Å²) in [6.45, 7) is 3.06. The van der Waals surface area contributed by atoms with Gasteiger partial charge in [0.05, 0.1) is 36.9 Å². The maximum absolute atomic E-state index is 12.4. The van der Waals surface area contributed by atoms with Gasteiger partial charge in [-0.3, -0.25) is 29.1 Å². The van der Waals surface area contributed by atoms with E-state index in [2.05, 4.69) is 61.1 Å². The van der Waals surface area contributed by atoms with Crippen molar-refractivity contribution in [2.75, 3.05) is 22.1 Å². The molecule has 344 valence electrons. The van der Waals surface area contributed by atoms with Gasteiger partial charge >= 0.3 is 49.7 Å². The molecule has 0 fully saturated rings. The van der Waals surface area contributed by atoms with Crippen LogP contribution in [-0.4, -0.2) is 136 Å². The third-order valence-electron chi connectivity index (χ3n) is 9.40. The zero-order chi connectivity index (χ0) is 48.2. The van der Waals surface area contributed by atoms with Crippen LogP contribution in [-0.2, 0) is 32.3 Å². The molecular formula is C40H40CaN14O12. The number of aromatic nitrogens is 8. The first-order valence-electron chi connectivity index (χ1n) is 19.5. The Morgan fingerprint density at radius 1 is 0.612 bits per heavy atom. The second kappa shape index (κ2) is 23.4. The van der Waals surface area contributed by atoms with Gasteiger partial charge in [0.15, 0.2) is 22.3 Å². The first-order chi connectivity index (χ1) is 31.3. The summed E-state index contributed by atoms with van der Waals surface area (Å²) in [5, 5.41) is 50.9. The normalized spacial score (nSPS) is 12.4.